The van der Waals surface area contributed by atoms with Crippen LogP contribution >= 0.6 is 11.3 Å². The largest absolute Gasteiger partial charge is 0.497 e. The lowest BCUT2D eigenvalue weighted by Crippen LogP contribution is -1.90. The van der Waals surface area contributed by atoms with Crippen molar-refractivity contribution in [3.05, 3.63) is 70.4 Å². The fourth-order valence-corrected chi connectivity index (χ4v) is 4.13. The second-order valence-corrected chi connectivity index (χ2v) is 7.85. The molecule has 0 bridgehead atoms. The smallest absolute Gasteiger partial charge is 0.231 e. The van der Waals surface area contributed by atoms with Gasteiger partial charge in [-0.15, -0.1) is 11.3 Å². The predicted molar refractivity (Wildman–Crippen MR) is 109 cm³/mol. The van der Waals surface area contributed by atoms with E-state index in [9.17, 15) is 0 Å². The maximum absolute atomic E-state index is 5.44. The van der Waals surface area contributed by atoms with Crippen LogP contribution in [0.15, 0.2) is 58.4 Å². The second kappa shape index (κ2) is 7.20. The Hall–Kier alpha value is -2.99. The normalized spacial score (nSPS) is 13.6. The highest BCUT2D eigenvalue weighted by atomic mass is 32.1. The minimum absolute atomic E-state index is 0.574. The van der Waals surface area contributed by atoms with Crippen LogP contribution in [0.2, 0.25) is 0 Å². The molecule has 2 aromatic heterocycles. The Labute approximate surface area is 167 Å². The summed E-state index contributed by atoms with van der Waals surface area (Å²) in [5, 5.41) is 7.54. The van der Waals surface area contributed by atoms with E-state index >= 15 is 0 Å². The molecule has 0 spiro atoms. The van der Waals surface area contributed by atoms with E-state index in [0.717, 1.165) is 28.1 Å². The van der Waals surface area contributed by atoms with Gasteiger partial charge in [-0.25, -0.2) is 4.98 Å². The Morgan fingerprint density at radius 2 is 1.89 bits per heavy atom. The van der Waals surface area contributed by atoms with Crippen LogP contribution in [0.3, 0.4) is 0 Å². The fourth-order valence-electron chi connectivity index (χ4n) is 3.13. The minimum atomic E-state index is 0.574. The lowest BCUT2D eigenvalue weighted by molar-refractivity contribution is 0.385. The van der Waals surface area contributed by atoms with Gasteiger partial charge in [0.25, 0.3) is 0 Å². The molecule has 28 heavy (non-hydrogen) atoms. The summed E-state index contributed by atoms with van der Waals surface area (Å²) in [5.41, 5.74) is 4.17. The zero-order chi connectivity index (χ0) is 18.9. The highest BCUT2D eigenvalue weighted by molar-refractivity contribution is 7.10. The van der Waals surface area contributed by atoms with Crippen LogP contribution < -0.4 is 4.74 Å². The summed E-state index contributed by atoms with van der Waals surface area (Å²) >= 11 is 1.76. The van der Waals surface area contributed by atoms with Gasteiger partial charge < -0.3 is 9.26 Å². The van der Waals surface area contributed by atoms with Crippen LogP contribution in [0.25, 0.3) is 22.6 Å². The van der Waals surface area contributed by atoms with Crippen molar-refractivity contribution in [2.45, 2.75) is 25.2 Å². The number of ether oxygens (including phenoxy) is 1. The Kier molecular flexibility index (Phi) is 4.41. The van der Waals surface area contributed by atoms with Crippen LogP contribution in [-0.2, 0) is 6.42 Å². The Bertz CT molecular complexity index is 1100. The molecule has 1 fully saturated rings. The van der Waals surface area contributed by atoms with Gasteiger partial charge in [-0.05, 0) is 30.5 Å². The monoisotopic (exact) mass is 389 g/mol. The van der Waals surface area contributed by atoms with Gasteiger partial charge in [0.1, 0.15) is 5.75 Å². The predicted octanol–water partition coefficient (Wildman–Crippen LogP) is 5.34. The number of nitrogens with zero attached hydrogens (tertiary/aromatic N) is 3. The molecule has 0 aliphatic heterocycles. The zero-order valence-corrected chi connectivity index (χ0v) is 16.3. The first-order valence-electron chi connectivity index (χ1n) is 9.30. The molecule has 0 N–H and O–H groups in total. The molecule has 0 atom stereocenters. The standard InChI is InChI=1S/C22H19N3O2S/c1-26-18-4-2-3-14(11-18)12-20-24-21(25-27-20)16-7-5-15(6-8-16)19-13-28-22(23-19)17-9-10-17/h2-8,11,13,17H,9-10,12H2,1H3. The van der Waals surface area contributed by atoms with Gasteiger partial charge in [0.2, 0.25) is 11.7 Å². The van der Waals surface area contributed by atoms with E-state index < -0.39 is 0 Å². The van der Waals surface area contributed by atoms with Crippen molar-refractivity contribution < 1.29 is 9.26 Å². The highest BCUT2D eigenvalue weighted by Crippen LogP contribution is 2.42. The number of hydrogen-bond acceptors (Lipinski definition) is 6. The van der Waals surface area contributed by atoms with E-state index in [0.29, 0.717) is 24.1 Å². The molecule has 0 amide bonds. The van der Waals surface area contributed by atoms with Gasteiger partial charge >= 0.3 is 0 Å². The molecule has 0 unspecified atom stereocenters. The van der Waals surface area contributed by atoms with Crippen LogP contribution in [0.5, 0.6) is 5.75 Å². The third-order valence-electron chi connectivity index (χ3n) is 4.84. The highest BCUT2D eigenvalue weighted by Gasteiger charge is 2.26. The summed E-state index contributed by atoms with van der Waals surface area (Å²) in [6, 6.07) is 16.0. The average Bonchev–Trinajstić information content (AvgIpc) is 3.28. The Balaban J connectivity index is 1.32. The van der Waals surface area contributed by atoms with Crippen molar-refractivity contribution in [2.75, 3.05) is 7.11 Å². The van der Waals surface area contributed by atoms with Gasteiger partial charge in [-0.2, -0.15) is 4.98 Å². The third-order valence-corrected chi connectivity index (χ3v) is 5.85. The van der Waals surface area contributed by atoms with Crippen LogP contribution in [-0.4, -0.2) is 22.2 Å². The molecule has 5 nitrogen and oxygen atoms in total. The topological polar surface area (TPSA) is 61.0 Å². The molecular formula is C22H19N3O2S. The molecule has 0 saturated heterocycles. The summed E-state index contributed by atoms with van der Waals surface area (Å²) in [7, 11) is 1.66. The first-order valence-corrected chi connectivity index (χ1v) is 10.2. The number of rotatable bonds is 6. The van der Waals surface area contributed by atoms with Crippen LogP contribution in [0, 0.1) is 0 Å². The SMILES string of the molecule is COc1cccc(Cc2nc(-c3ccc(-c4csc(C5CC5)n4)cc3)no2)c1. The molecule has 0 radical (unpaired) electrons. The molecule has 1 saturated carbocycles. The third kappa shape index (κ3) is 3.55. The number of benzene rings is 2. The van der Waals surface area contributed by atoms with E-state index in [1.807, 2.05) is 36.4 Å². The summed E-state index contributed by atoms with van der Waals surface area (Å²) < 4.78 is 10.7. The summed E-state index contributed by atoms with van der Waals surface area (Å²) in [4.78, 5) is 9.31. The molecule has 1 aliphatic carbocycles. The zero-order valence-electron chi connectivity index (χ0n) is 15.5. The van der Waals surface area contributed by atoms with Gasteiger partial charge in [-0.3, -0.25) is 0 Å². The second-order valence-electron chi connectivity index (χ2n) is 6.96. The molecule has 1 aliphatic rings. The van der Waals surface area contributed by atoms with Crippen molar-refractivity contribution in [3.8, 4) is 28.4 Å². The summed E-state index contributed by atoms with van der Waals surface area (Å²) in [6.45, 7) is 0. The summed E-state index contributed by atoms with van der Waals surface area (Å²) in [5.74, 6) is 2.70. The maximum Gasteiger partial charge on any atom is 0.231 e. The van der Waals surface area contributed by atoms with E-state index in [2.05, 4.69) is 27.7 Å². The molecule has 6 heteroatoms. The lowest BCUT2D eigenvalue weighted by Gasteiger charge is -2.01. The van der Waals surface area contributed by atoms with Gasteiger partial charge in [0, 0.05) is 22.4 Å². The molecule has 2 aromatic carbocycles. The average molecular weight is 389 g/mol. The number of thiazole rings is 1. The number of methoxy groups -OCH3 is 1. The van der Waals surface area contributed by atoms with Crippen molar-refractivity contribution in [2.24, 2.45) is 0 Å². The molecule has 4 aromatic rings. The quantitative estimate of drug-likeness (QED) is 0.446. The number of hydrogen-bond donors (Lipinski definition) is 0. The number of aromatic nitrogens is 3. The first kappa shape index (κ1) is 17.1. The van der Waals surface area contributed by atoms with Gasteiger partial charge in [0.15, 0.2) is 0 Å². The summed E-state index contributed by atoms with van der Waals surface area (Å²) in [6.07, 6.45) is 3.13. The minimum Gasteiger partial charge on any atom is -0.497 e. The van der Waals surface area contributed by atoms with Gasteiger partial charge in [-0.1, -0.05) is 41.6 Å². The van der Waals surface area contributed by atoms with Crippen molar-refractivity contribution >= 4 is 11.3 Å². The van der Waals surface area contributed by atoms with Crippen LogP contribution in [0.1, 0.15) is 35.2 Å². The van der Waals surface area contributed by atoms with E-state index in [1.54, 1.807) is 18.4 Å². The van der Waals surface area contributed by atoms with E-state index in [-0.39, 0.29) is 0 Å². The lowest BCUT2D eigenvalue weighted by atomic mass is 10.1. The first-order chi connectivity index (χ1) is 13.8. The molecule has 2 heterocycles. The van der Waals surface area contributed by atoms with Crippen molar-refractivity contribution in [3.63, 3.8) is 0 Å². The Morgan fingerprint density at radius 1 is 1.07 bits per heavy atom. The van der Waals surface area contributed by atoms with Crippen LogP contribution in [0.4, 0.5) is 0 Å². The maximum atomic E-state index is 5.44. The fraction of sp³-hybridized carbons (Fsp3) is 0.227. The van der Waals surface area contributed by atoms with E-state index in [4.69, 9.17) is 14.2 Å². The molecule has 5 rings (SSSR count). The molecule has 140 valence electrons. The van der Waals surface area contributed by atoms with Crippen molar-refractivity contribution in [1.82, 2.24) is 15.1 Å². The van der Waals surface area contributed by atoms with Crippen molar-refractivity contribution in [1.29, 1.82) is 0 Å². The van der Waals surface area contributed by atoms with E-state index in [1.165, 1.54) is 17.8 Å². The Morgan fingerprint density at radius 3 is 2.68 bits per heavy atom. The molecular weight excluding hydrogens is 370 g/mol. The van der Waals surface area contributed by atoms with Gasteiger partial charge in [0.05, 0.1) is 24.2 Å².